The number of nitrogens with one attached hydrogen (secondary N) is 2. The van der Waals surface area contributed by atoms with Crippen LogP contribution >= 0.6 is 0 Å². The van der Waals surface area contributed by atoms with Crippen LogP contribution in [0.1, 0.15) is 70.3 Å². The molecule has 6 rings (SSSR count). The molecule has 0 spiro atoms. The maximum absolute atomic E-state index is 13.1. The predicted molar refractivity (Wildman–Crippen MR) is 153 cm³/mol. The molecule has 1 heterocycles. The second kappa shape index (κ2) is 10.1. The number of hydrogen-bond acceptors (Lipinski definition) is 3. The van der Waals surface area contributed by atoms with E-state index in [0.717, 1.165) is 52.6 Å². The van der Waals surface area contributed by atoms with Crippen molar-refractivity contribution in [2.24, 2.45) is 5.92 Å². The Labute approximate surface area is 234 Å². The van der Waals surface area contributed by atoms with Crippen molar-refractivity contribution in [3.8, 4) is 11.1 Å². The van der Waals surface area contributed by atoms with Gasteiger partial charge in [-0.15, -0.1) is 0 Å². The van der Waals surface area contributed by atoms with Gasteiger partial charge in [0.2, 0.25) is 5.91 Å². The van der Waals surface area contributed by atoms with Crippen LogP contribution in [0.5, 0.6) is 0 Å². The lowest BCUT2D eigenvalue weighted by Gasteiger charge is -2.33. The Balaban J connectivity index is 1.27. The quantitative estimate of drug-likeness (QED) is 0.376. The Kier molecular flexibility index (Phi) is 6.61. The zero-order valence-electron chi connectivity index (χ0n) is 23.0. The van der Waals surface area contributed by atoms with Crippen molar-refractivity contribution < 1.29 is 19.5 Å². The minimum Gasteiger partial charge on any atom is -0.478 e. The number of nitrogens with zero attached hydrogens (tertiary/aromatic N) is 1. The Morgan fingerprint density at radius 1 is 0.975 bits per heavy atom. The third-order valence-corrected chi connectivity index (χ3v) is 8.87. The van der Waals surface area contributed by atoms with Crippen molar-refractivity contribution in [3.05, 3.63) is 94.0 Å². The van der Waals surface area contributed by atoms with Gasteiger partial charge in [0.1, 0.15) is 0 Å². The van der Waals surface area contributed by atoms with Gasteiger partial charge >= 0.3 is 12.0 Å². The minimum absolute atomic E-state index is 0.0135. The Morgan fingerprint density at radius 2 is 1.75 bits per heavy atom. The highest BCUT2D eigenvalue weighted by Crippen LogP contribution is 2.47. The normalized spacial score (nSPS) is 20.3. The zero-order valence-corrected chi connectivity index (χ0v) is 23.0. The van der Waals surface area contributed by atoms with Gasteiger partial charge in [-0.1, -0.05) is 54.6 Å². The number of fused-ring (bicyclic) bond motifs is 1. The van der Waals surface area contributed by atoms with Gasteiger partial charge in [0.15, 0.2) is 0 Å². The largest absolute Gasteiger partial charge is 0.478 e. The van der Waals surface area contributed by atoms with Crippen LogP contribution in [0.15, 0.2) is 60.7 Å². The summed E-state index contributed by atoms with van der Waals surface area (Å²) in [6, 6.07) is 19.5. The number of carbonyl (C=O) groups is 3. The van der Waals surface area contributed by atoms with Gasteiger partial charge in [-0.2, -0.15) is 0 Å². The van der Waals surface area contributed by atoms with Gasteiger partial charge < -0.3 is 20.6 Å². The van der Waals surface area contributed by atoms with Gasteiger partial charge in [0.25, 0.3) is 0 Å². The number of aromatic carboxylic acids is 1. The van der Waals surface area contributed by atoms with E-state index in [0.29, 0.717) is 26.1 Å². The van der Waals surface area contributed by atoms with Crippen molar-refractivity contribution in [3.63, 3.8) is 0 Å². The molecule has 0 aromatic heterocycles. The molecule has 2 atom stereocenters. The maximum Gasteiger partial charge on any atom is 0.335 e. The average Bonchev–Trinajstić information content (AvgIpc) is 3.89. The highest BCUT2D eigenvalue weighted by Gasteiger charge is 2.44. The summed E-state index contributed by atoms with van der Waals surface area (Å²) < 4.78 is 0. The van der Waals surface area contributed by atoms with Crippen LogP contribution in [-0.2, 0) is 24.3 Å². The van der Waals surface area contributed by atoms with Crippen LogP contribution in [-0.4, -0.2) is 40.0 Å². The molecule has 0 saturated heterocycles. The second-order valence-corrected chi connectivity index (χ2v) is 11.8. The first-order chi connectivity index (χ1) is 19.2. The number of hydrogen-bond donors (Lipinski definition) is 3. The predicted octanol–water partition coefficient (Wildman–Crippen LogP) is 5.40. The van der Waals surface area contributed by atoms with E-state index in [-0.39, 0.29) is 34.9 Å². The number of carboxylic acid groups (broad SMARTS) is 1. The van der Waals surface area contributed by atoms with Gasteiger partial charge in [0, 0.05) is 31.1 Å². The summed E-state index contributed by atoms with van der Waals surface area (Å²) in [6.07, 6.45) is 3.51. The van der Waals surface area contributed by atoms with E-state index < -0.39 is 5.97 Å². The van der Waals surface area contributed by atoms with Gasteiger partial charge in [-0.3, -0.25) is 4.79 Å². The summed E-state index contributed by atoms with van der Waals surface area (Å²) in [5.41, 5.74) is 7.13. The molecule has 2 saturated carbocycles. The summed E-state index contributed by atoms with van der Waals surface area (Å²) >= 11 is 0. The molecule has 0 radical (unpaired) electrons. The van der Waals surface area contributed by atoms with Crippen LogP contribution in [0.3, 0.4) is 0 Å². The number of benzene rings is 3. The summed E-state index contributed by atoms with van der Waals surface area (Å²) in [7, 11) is 0. The molecule has 7 heteroatoms. The smallest absolute Gasteiger partial charge is 0.335 e. The number of carboxylic acids is 1. The van der Waals surface area contributed by atoms with Crippen molar-refractivity contribution in [2.45, 2.75) is 64.1 Å². The molecular formula is C33H35N3O4. The monoisotopic (exact) mass is 537 g/mol. The first-order valence-electron chi connectivity index (χ1n) is 14.1. The highest BCUT2D eigenvalue weighted by molar-refractivity contribution is 5.92. The molecule has 2 fully saturated rings. The fraction of sp³-hybridized carbons (Fsp3) is 0.364. The van der Waals surface area contributed by atoms with Gasteiger partial charge in [-0.25, -0.2) is 9.59 Å². The summed E-state index contributed by atoms with van der Waals surface area (Å²) in [4.78, 5) is 39.8. The topological polar surface area (TPSA) is 98.7 Å². The van der Waals surface area contributed by atoms with E-state index in [9.17, 15) is 19.5 Å². The molecule has 3 aromatic carbocycles. The molecule has 3 amide bonds. The SMILES string of the molecule is Cc1c(C(=O)O)cccc1-c1ccc(CNC(=O)C2CC2c2ccccc2)c2c1CCN(C(=O)NC1(C)CC1)C2. The molecule has 40 heavy (non-hydrogen) atoms. The molecule has 206 valence electrons. The second-order valence-electron chi connectivity index (χ2n) is 11.8. The Bertz CT molecular complexity index is 1500. The van der Waals surface area contributed by atoms with Crippen molar-refractivity contribution in [2.75, 3.05) is 6.54 Å². The Hall–Kier alpha value is -4.13. The molecule has 0 bridgehead atoms. The molecule has 3 N–H and O–H groups in total. The average molecular weight is 538 g/mol. The van der Waals surface area contributed by atoms with E-state index in [1.165, 1.54) is 5.56 Å². The highest BCUT2D eigenvalue weighted by atomic mass is 16.4. The summed E-state index contributed by atoms with van der Waals surface area (Å²) in [5.74, 6) is -0.632. The first kappa shape index (κ1) is 26.1. The van der Waals surface area contributed by atoms with Crippen LogP contribution in [0, 0.1) is 12.8 Å². The van der Waals surface area contributed by atoms with Crippen LogP contribution in [0.2, 0.25) is 0 Å². The van der Waals surface area contributed by atoms with E-state index in [2.05, 4.69) is 29.7 Å². The molecular weight excluding hydrogens is 502 g/mol. The van der Waals surface area contributed by atoms with Crippen molar-refractivity contribution in [1.29, 1.82) is 0 Å². The lowest BCUT2D eigenvalue weighted by Crippen LogP contribution is -2.47. The maximum atomic E-state index is 13.1. The third-order valence-electron chi connectivity index (χ3n) is 8.87. The van der Waals surface area contributed by atoms with E-state index in [1.54, 1.807) is 12.1 Å². The van der Waals surface area contributed by atoms with Crippen LogP contribution in [0.25, 0.3) is 11.1 Å². The van der Waals surface area contributed by atoms with Crippen LogP contribution in [0.4, 0.5) is 4.79 Å². The van der Waals surface area contributed by atoms with Crippen molar-refractivity contribution >= 4 is 17.9 Å². The molecule has 2 aliphatic carbocycles. The number of carbonyl (C=O) groups excluding carboxylic acids is 2. The van der Waals surface area contributed by atoms with Crippen LogP contribution < -0.4 is 10.6 Å². The summed E-state index contributed by atoms with van der Waals surface area (Å²) in [5, 5.41) is 16.0. The van der Waals surface area contributed by atoms with E-state index in [4.69, 9.17) is 0 Å². The third kappa shape index (κ3) is 5.08. The fourth-order valence-electron chi connectivity index (χ4n) is 6.01. The van der Waals surface area contributed by atoms with Crippen molar-refractivity contribution in [1.82, 2.24) is 15.5 Å². The van der Waals surface area contributed by atoms with Gasteiger partial charge in [-0.05, 0) is 90.5 Å². The van der Waals surface area contributed by atoms with E-state index in [1.807, 2.05) is 48.2 Å². The molecule has 3 aromatic rings. The minimum atomic E-state index is -0.946. The molecule has 2 unspecified atom stereocenters. The molecule has 1 aliphatic heterocycles. The summed E-state index contributed by atoms with van der Waals surface area (Å²) in [6.45, 7) is 5.33. The first-order valence-corrected chi connectivity index (χ1v) is 14.1. The lowest BCUT2D eigenvalue weighted by atomic mass is 9.85. The molecule has 3 aliphatic rings. The number of amides is 3. The van der Waals surface area contributed by atoms with E-state index >= 15 is 0 Å². The fourth-order valence-corrected chi connectivity index (χ4v) is 6.01. The van der Waals surface area contributed by atoms with Gasteiger partial charge in [0.05, 0.1) is 5.56 Å². The molecule has 7 nitrogen and oxygen atoms in total. The standard InChI is InChI=1S/C33H35N3O4/c1-20-23(9-6-10-24(20)31(38)39)25-12-11-22(18-34-30(37)28-17-27(28)21-7-4-3-5-8-21)29-19-36(16-13-26(25)29)32(40)35-33(2)14-15-33/h3-12,27-28H,13-19H2,1-2H3,(H,34,37)(H,35,40)(H,38,39). The number of rotatable bonds is 7. The lowest BCUT2D eigenvalue weighted by molar-refractivity contribution is -0.122. The Morgan fingerprint density at radius 3 is 2.48 bits per heavy atom. The zero-order chi connectivity index (χ0) is 28.0. The number of urea groups is 1.